The van der Waals surface area contributed by atoms with Crippen LogP contribution in [0.25, 0.3) is 0 Å². The van der Waals surface area contributed by atoms with Gasteiger partial charge in [0.1, 0.15) is 5.82 Å². The monoisotopic (exact) mass is 233 g/mol. The topological polar surface area (TPSA) is 29.9 Å². The molecule has 0 amide bonds. The number of halogens is 1. The fourth-order valence-electron chi connectivity index (χ4n) is 1.78. The summed E-state index contributed by atoms with van der Waals surface area (Å²) in [5.41, 5.74) is 3.05. The smallest absolute Gasteiger partial charge is 0.123 e. The van der Waals surface area contributed by atoms with Gasteiger partial charge in [-0.3, -0.25) is 4.68 Å². The minimum absolute atomic E-state index is 0.192. The Bertz CT molecular complexity index is 505. The van der Waals surface area contributed by atoms with E-state index in [1.807, 2.05) is 37.0 Å². The van der Waals surface area contributed by atoms with Crippen molar-refractivity contribution in [2.24, 2.45) is 0 Å². The molecule has 0 aliphatic carbocycles. The van der Waals surface area contributed by atoms with Crippen LogP contribution >= 0.6 is 0 Å². The molecule has 0 fully saturated rings. The zero-order valence-electron chi connectivity index (χ0n) is 10.1. The van der Waals surface area contributed by atoms with Gasteiger partial charge in [0.2, 0.25) is 0 Å². The van der Waals surface area contributed by atoms with Crippen LogP contribution in [0.2, 0.25) is 0 Å². The van der Waals surface area contributed by atoms with Gasteiger partial charge in [0, 0.05) is 12.7 Å². The Morgan fingerprint density at radius 3 is 2.88 bits per heavy atom. The first-order valence-corrected chi connectivity index (χ1v) is 5.61. The van der Waals surface area contributed by atoms with E-state index in [2.05, 4.69) is 10.4 Å². The molecule has 0 saturated heterocycles. The summed E-state index contributed by atoms with van der Waals surface area (Å²) in [6.07, 6.45) is 1.94. The molecular weight excluding hydrogens is 217 g/mol. The third kappa shape index (κ3) is 2.91. The number of nitrogens with one attached hydrogen (secondary N) is 1. The van der Waals surface area contributed by atoms with Crippen molar-refractivity contribution in [3.8, 4) is 0 Å². The van der Waals surface area contributed by atoms with Crippen molar-refractivity contribution in [1.82, 2.24) is 15.1 Å². The molecule has 0 aliphatic rings. The number of hydrogen-bond donors (Lipinski definition) is 1. The minimum atomic E-state index is -0.192. The maximum atomic E-state index is 13.0. The normalized spacial score (nSPS) is 10.8. The Morgan fingerprint density at radius 1 is 1.35 bits per heavy atom. The summed E-state index contributed by atoms with van der Waals surface area (Å²) in [5.74, 6) is -0.192. The van der Waals surface area contributed by atoms with Gasteiger partial charge in [0.15, 0.2) is 0 Å². The molecule has 0 spiro atoms. The van der Waals surface area contributed by atoms with Crippen LogP contribution in [0.15, 0.2) is 30.5 Å². The van der Waals surface area contributed by atoms with E-state index in [0.717, 1.165) is 23.4 Å². The number of rotatable bonds is 4. The number of hydrogen-bond acceptors (Lipinski definition) is 2. The van der Waals surface area contributed by atoms with Gasteiger partial charge in [-0.15, -0.1) is 0 Å². The number of aromatic nitrogens is 2. The zero-order valence-corrected chi connectivity index (χ0v) is 10.1. The molecule has 0 bridgehead atoms. The van der Waals surface area contributed by atoms with Crippen molar-refractivity contribution < 1.29 is 4.39 Å². The molecule has 1 N–H and O–H groups in total. The maximum Gasteiger partial charge on any atom is 0.123 e. The summed E-state index contributed by atoms with van der Waals surface area (Å²) in [5, 5.41) is 7.47. The number of aryl methyl sites for hydroxylation is 1. The standard InChI is InChI=1S/C13H16FN3/c1-10-7-12(14)4-3-11(10)9-17-6-5-13(16-17)8-15-2/h3-7,15H,8-9H2,1-2H3. The van der Waals surface area contributed by atoms with Crippen molar-refractivity contribution in [2.45, 2.75) is 20.0 Å². The highest BCUT2D eigenvalue weighted by Gasteiger charge is 2.03. The van der Waals surface area contributed by atoms with E-state index in [4.69, 9.17) is 0 Å². The fourth-order valence-corrected chi connectivity index (χ4v) is 1.78. The van der Waals surface area contributed by atoms with E-state index in [0.29, 0.717) is 6.54 Å². The first-order chi connectivity index (χ1) is 8.19. The highest BCUT2D eigenvalue weighted by molar-refractivity contribution is 5.26. The largest absolute Gasteiger partial charge is 0.314 e. The highest BCUT2D eigenvalue weighted by atomic mass is 19.1. The second-order valence-electron chi connectivity index (χ2n) is 4.11. The van der Waals surface area contributed by atoms with Gasteiger partial charge in [-0.1, -0.05) is 6.07 Å². The van der Waals surface area contributed by atoms with E-state index in [1.54, 1.807) is 6.07 Å². The Labute approximate surface area is 100 Å². The molecule has 0 aliphatic heterocycles. The lowest BCUT2D eigenvalue weighted by molar-refractivity contribution is 0.620. The van der Waals surface area contributed by atoms with Crippen LogP contribution in [0.5, 0.6) is 0 Å². The number of benzene rings is 1. The summed E-state index contributed by atoms with van der Waals surface area (Å²) in [6.45, 7) is 3.35. The molecule has 17 heavy (non-hydrogen) atoms. The Kier molecular flexibility index (Phi) is 3.54. The molecule has 0 radical (unpaired) electrons. The minimum Gasteiger partial charge on any atom is -0.314 e. The average molecular weight is 233 g/mol. The first kappa shape index (κ1) is 11.8. The van der Waals surface area contributed by atoms with E-state index in [9.17, 15) is 4.39 Å². The molecular formula is C13H16FN3. The summed E-state index contributed by atoms with van der Waals surface area (Å²) in [4.78, 5) is 0. The maximum absolute atomic E-state index is 13.0. The Balaban J connectivity index is 2.13. The van der Waals surface area contributed by atoms with Crippen molar-refractivity contribution in [3.63, 3.8) is 0 Å². The Hall–Kier alpha value is -1.68. The average Bonchev–Trinajstić information content (AvgIpc) is 2.71. The third-order valence-electron chi connectivity index (χ3n) is 2.69. The molecule has 1 aromatic carbocycles. The van der Waals surface area contributed by atoms with Gasteiger partial charge in [0.05, 0.1) is 12.2 Å². The van der Waals surface area contributed by atoms with Gasteiger partial charge in [-0.25, -0.2) is 4.39 Å². The van der Waals surface area contributed by atoms with Crippen LogP contribution < -0.4 is 5.32 Å². The highest BCUT2D eigenvalue weighted by Crippen LogP contribution is 2.11. The van der Waals surface area contributed by atoms with Crippen molar-refractivity contribution in [2.75, 3.05) is 7.05 Å². The molecule has 1 aromatic heterocycles. The van der Waals surface area contributed by atoms with Crippen LogP contribution in [0.3, 0.4) is 0 Å². The molecule has 2 aromatic rings. The van der Waals surface area contributed by atoms with Gasteiger partial charge < -0.3 is 5.32 Å². The van der Waals surface area contributed by atoms with E-state index < -0.39 is 0 Å². The SMILES string of the molecule is CNCc1ccn(Cc2ccc(F)cc2C)n1. The predicted molar refractivity (Wildman–Crippen MR) is 65.2 cm³/mol. The second-order valence-corrected chi connectivity index (χ2v) is 4.11. The second kappa shape index (κ2) is 5.10. The zero-order chi connectivity index (χ0) is 12.3. The van der Waals surface area contributed by atoms with Crippen LogP contribution in [0.4, 0.5) is 4.39 Å². The summed E-state index contributed by atoms with van der Waals surface area (Å²) in [6, 6.07) is 6.83. The fraction of sp³-hybridized carbons (Fsp3) is 0.308. The summed E-state index contributed by atoms with van der Waals surface area (Å²) >= 11 is 0. The summed E-state index contributed by atoms with van der Waals surface area (Å²) < 4.78 is 14.8. The molecule has 1 heterocycles. The third-order valence-corrected chi connectivity index (χ3v) is 2.69. The molecule has 0 unspecified atom stereocenters. The number of nitrogens with zero attached hydrogens (tertiary/aromatic N) is 2. The van der Waals surface area contributed by atoms with Crippen LogP contribution in [-0.4, -0.2) is 16.8 Å². The Morgan fingerprint density at radius 2 is 2.18 bits per heavy atom. The van der Waals surface area contributed by atoms with Crippen LogP contribution in [-0.2, 0) is 13.1 Å². The summed E-state index contributed by atoms with van der Waals surface area (Å²) in [7, 11) is 1.89. The van der Waals surface area contributed by atoms with Gasteiger partial charge in [0.25, 0.3) is 0 Å². The van der Waals surface area contributed by atoms with E-state index in [1.165, 1.54) is 6.07 Å². The molecule has 2 rings (SSSR count). The molecule has 90 valence electrons. The van der Waals surface area contributed by atoms with E-state index >= 15 is 0 Å². The molecule has 3 nitrogen and oxygen atoms in total. The van der Waals surface area contributed by atoms with Crippen molar-refractivity contribution in [3.05, 3.63) is 53.1 Å². The van der Waals surface area contributed by atoms with Crippen LogP contribution in [0, 0.1) is 12.7 Å². The quantitative estimate of drug-likeness (QED) is 0.876. The first-order valence-electron chi connectivity index (χ1n) is 5.61. The van der Waals surface area contributed by atoms with Gasteiger partial charge in [-0.05, 0) is 43.3 Å². The lowest BCUT2D eigenvalue weighted by Crippen LogP contribution is -2.08. The van der Waals surface area contributed by atoms with Crippen molar-refractivity contribution in [1.29, 1.82) is 0 Å². The van der Waals surface area contributed by atoms with Crippen LogP contribution in [0.1, 0.15) is 16.8 Å². The van der Waals surface area contributed by atoms with E-state index in [-0.39, 0.29) is 5.82 Å². The lowest BCUT2D eigenvalue weighted by Gasteiger charge is -2.06. The van der Waals surface area contributed by atoms with Gasteiger partial charge in [-0.2, -0.15) is 5.10 Å². The molecule has 0 atom stereocenters. The van der Waals surface area contributed by atoms with Gasteiger partial charge >= 0.3 is 0 Å². The molecule has 0 saturated carbocycles. The lowest BCUT2D eigenvalue weighted by atomic mass is 10.1. The molecule has 4 heteroatoms. The van der Waals surface area contributed by atoms with Crippen molar-refractivity contribution >= 4 is 0 Å². The predicted octanol–water partition coefficient (Wildman–Crippen LogP) is 2.10.